The maximum atomic E-state index is 13.6. The average molecular weight is 576 g/mol. The molecule has 0 saturated carbocycles. The molecule has 42 heavy (non-hydrogen) atoms. The van der Waals surface area contributed by atoms with E-state index in [9.17, 15) is 18.8 Å². The van der Waals surface area contributed by atoms with Crippen LogP contribution in [0.2, 0.25) is 0 Å². The van der Waals surface area contributed by atoms with Crippen molar-refractivity contribution in [2.24, 2.45) is 0 Å². The van der Waals surface area contributed by atoms with Gasteiger partial charge in [-0.3, -0.25) is 14.4 Å². The molecule has 1 atom stereocenters. The van der Waals surface area contributed by atoms with Gasteiger partial charge in [0.2, 0.25) is 11.8 Å². The van der Waals surface area contributed by atoms with Crippen LogP contribution in [0, 0.1) is 5.82 Å². The van der Waals surface area contributed by atoms with Gasteiger partial charge < -0.3 is 31.1 Å². The van der Waals surface area contributed by atoms with Crippen LogP contribution >= 0.6 is 0 Å². The minimum atomic E-state index is -0.725. The molecule has 0 aliphatic carbocycles. The highest BCUT2D eigenvalue weighted by Crippen LogP contribution is 2.24. The molecular formula is C31H38FN7O3. The molecule has 0 aliphatic rings. The number of aromatic nitrogens is 1. The smallest absolute Gasteiger partial charge is 0.259 e. The highest BCUT2D eigenvalue weighted by atomic mass is 19.1. The summed E-state index contributed by atoms with van der Waals surface area (Å²) in [6, 6.07) is 13.7. The van der Waals surface area contributed by atoms with Gasteiger partial charge in [0.05, 0.1) is 11.3 Å². The van der Waals surface area contributed by atoms with E-state index < -0.39 is 11.9 Å². The van der Waals surface area contributed by atoms with Crippen LogP contribution in [0.15, 0.2) is 72.9 Å². The number of pyridine rings is 1. The second-order valence-corrected chi connectivity index (χ2v) is 9.99. The Balaban J connectivity index is 1.69. The summed E-state index contributed by atoms with van der Waals surface area (Å²) in [5.41, 5.74) is 2.34. The van der Waals surface area contributed by atoms with Crippen molar-refractivity contribution in [1.82, 2.24) is 14.8 Å². The number of carbonyl (C=O) groups excluding carboxylic acids is 3. The zero-order valence-corrected chi connectivity index (χ0v) is 24.6. The van der Waals surface area contributed by atoms with E-state index in [0.29, 0.717) is 47.2 Å². The summed E-state index contributed by atoms with van der Waals surface area (Å²) < 4.78 is 13.6. The summed E-state index contributed by atoms with van der Waals surface area (Å²) in [5, 5.41) is 11.9. The molecule has 10 nitrogen and oxygen atoms in total. The molecule has 11 heteroatoms. The predicted octanol–water partition coefficient (Wildman–Crippen LogP) is 4.94. The lowest BCUT2D eigenvalue weighted by Gasteiger charge is -2.23. The van der Waals surface area contributed by atoms with Crippen LogP contribution in [0.3, 0.4) is 0 Å². The fourth-order valence-electron chi connectivity index (χ4n) is 3.79. The molecule has 2 aromatic carbocycles. The lowest BCUT2D eigenvalue weighted by atomic mass is 10.2. The van der Waals surface area contributed by atoms with Gasteiger partial charge in [-0.25, -0.2) is 9.37 Å². The number of hydrogen-bond acceptors (Lipinski definition) is 7. The predicted molar refractivity (Wildman–Crippen MR) is 166 cm³/mol. The Kier molecular flexibility index (Phi) is 11.6. The maximum absolute atomic E-state index is 13.6. The first-order chi connectivity index (χ1) is 20.1. The fourth-order valence-corrected chi connectivity index (χ4v) is 3.79. The van der Waals surface area contributed by atoms with Crippen molar-refractivity contribution in [2.75, 3.05) is 55.5 Å². The quantitative estimate of drug-likeness (QED) is 0.213. The molecule has 0 aliphatic heterocycles. The first-order valence-electron chi connectivity index (χ1n) is 13.6. The number of hydrogen-bond donors (Lipinski definition) is 4. The Hall–Kier alpha value is -4.77. The number of carbonyl (C=O) groups is 3. The van der Waals surface area contributed by atoms with Gasteiger partial charge in [0.25, 0.3) is 5.91 Å². The second-order valence-electron chi connectivity index (χ2n) is 9.99. The number of likely N-dealkylation sites (N-methyl/N-ethyl adjacent to an activating group) is 2. The van der Waals surface area contributed by atoms with E-state index in [4.69, 9.17) is 0 Å². The number of nitrogens with zero attached hydrogens (tertiary/aromatic N) is 3. The van der Waals surface area contributed by atoms with Crippen molar-refractivity contribution in [1.29, 1.82) is 0 Å². The highest BCUT2D eigenvalue weighted by molar-refractivity contribution is 6.08. The van der Waals surface area contributed by atoms with Gasteiger partial charge >= 0.3 is 0 Å². The van der Waals surface area contributed by atoms with Gasteiger partial charge in [-0.05, 0) is 63.8 Å². The molecule has 3 aromatic rings. The normalized spacial score (nSPS) is 11.7. The Morgan fingerprint density at radius 3 is 2.36 bits per heavy atom. The summed E-state index contributed by atoms with van der Waals surface area (Å²) in [5.74, 6) is -0.969. The lowest BCUT2D eigenvalue weighted by molar-refractivity contribution is -0.132. The average Bonchev–Trinajstić information content (AvgIpc) is 2.95. The van der Waals surface area contributed by atoms with Crippen LogP contribution in [-0.2, 0) is 9.59 Å². The standard InChI is InChI=1S/C31H38FN7O3/c1-6-15-33-27-19-28(35-23-11-7-10-22(32)17-23)34-20-26(27)31(42)37-25-13-8-12-24(18-25)36-30(41)21(2)39(5)29(40)14-9-16-38(3)4/h7-14,17-21H,6,15-16H2,1-5H3,(H,36,41)(H,37,42)(H2,33,34,35)/b14-9+/t21-/m0/s1. The molecule has 0 saturated heterocycles. The van der Waals surface area contributed by atoms with Gasteiger partial charge in [0.1, 0.15) is 17.7 Å². The van der Waals surface area contributed by atoms with Crippen molar-refractivity contribution in [2.45, 2.75) is 26.3 Å². The van der Waals surface area contributed by atoms with E-state index in [1.807, 2.05) is 25.9 Å². The van der Waals surface area contributed by atoms with E-state index in [1.54, 1.807) is 62.5 Å². The van der Waals surface area contributed by atoms with Crippen LogP contribution < -0.4 is 21.3 Å². The summed E-state index contributed by atoms with van der Waals surface area (Å²) in [7, 11) is 5.36. The van der Waals surface area contributed by atoms with Gasteiger partial charge in [-0.15, -0.1) is 0 Å². The maximum Gasteiger partial charge on any atom is 0.259 e. The van der Waals surface area contributed by atoms with Crippen molar-refractivity contribution in [3.05, 3.63) is 84.3 Å². The summed E-state index contributed by atoms with van der Waals surface area (Å²) in [6.45, 7) is 4.89. The number of amides is 3. The topological polar surface area (TPSA) is 119 Å². The summed E-state index contributed by atoms with van der Waals surface area (Å²) in [4.78, 5) is 46.1. The lowest BCUT2D eigenvalue weighted by Crippen LogP contribution is -2.42. The second kappa shape index (κ2) is 15.3. The molecule has 3 amide bonds. The molecule has 4 N–H and O–H groups in total. The molecular weight excluding hydrogens is 537 g/mol. The first kappa shape index (κ1) is 31.8. The number of anilines is 5. The van der Waals surface area contributed by atoms with E-state index >= 15 is 0 Å². The van der Waals surface area contributed by atoms with Crippen molar-refractivity contribution < 1.29 is 18.8 Å². The Morgan fingerprint density at radius 1 is 0.976 bits per heavy atom. The van der Waals surface area contributed by atoms with Gasteiger partial charge in [0.15, 0.2) is 0 Å². The monoisotopic (exact) mass is 575 g/mol. The number of halogens is 1. The fraction of sp³-hybridized carbons (Fsp3) is 0.290. The summed E-state index contributed by atoms with van der Waals surface area (Å²) >= 11 is 0. The van der Waals surface area contributed by atoms with E-state index in [1.165, 1.54) is 29.3 Å². The molecule has 1 heterocycles. The van der Waals surface area contributed by atoms with Gasteiger partial charge in [-0.2, -0.15) is 0 Å². The summed E-state index contributed by atoms with van der Waals surface area (Å²) in [6.07, 6.45) is 5.47. The zero-order chi connectivity index (χ0) is 30.6. The number of nitrogens with one attached hydrogen (secondary N) is 4. The van der Waals surface area contributed by atoms with Crippen molar-refractivity contribution >= 4 is 46.3 Å². The Morgan fingerprint density at radius 2 is 1.67 bits per heavy atom. The van der Waals surface area contributed by atoms with Crippen LogP contribution in [0.25, 0.3) is 0 Å². The van der Waals surface area contributed by atoms with Crippen molar-refractivity contribution in [3.63, 3.8) is 0 Å². The molecule has 0 radical (unpaired) electrons. The first-order valence-corrected chi connectivity index (χ1v) is 13.6. The zero-order valence-electron chi connectivity index (χ0n) is 24.6. The molecule has 1 aromatic heterocycles. The number of rotatable bonds is 13. The minimum absolute atomic E-state index is 0.279. The molecule has 0 unspecified atom stereocenters. The molecule has 3 rings (SSSR count). The van der Waals surface area contributed by atoms with E-state index in [0.717, 1.165) is 6.42 Å². The molecule has 0 spiro atoms. The molecule has 0 fully saturated rings. The third-order valence-corrected chi connectivity index (χ3v) is 6.24. The van der Waals surface area contributed by atoms with E-state index in [2.05, 4.69) is 26.3 Å². The van der Waals surface area contributed by atoms with Crippen LogP contribution in [0.5, 0.6) is 0 Å². The largest absolute Gasteiger partial charge is 0.384 e. The van der Waals surface area contributed by atoms with E-state index in [-0.39, 0.29) is 17.6 Å². The highest BCUT2D eigenvalue weighted by Gasteiger charge is 2.21. The number of benzene rings is 2. The van der Waals surface area contributed by atoms with Gasteiger partial charge in [-0.1, -0.05) is 25.1 Å². The Labute approximate surface area is 246 Å². The Bertz CT molecular complexity index is 1430. The molecule has 0 bridgehead atoms. The van der Waals surface area contributed by atoms with Crippen LogP contribution in [0.4, 0.5) is 33.0 Å². The molecule has 222 valence electrons. The van der Waals surface area contributed by atoms with Crippen LogP contribution in [0.1, 0.15) is 30.6 Å². The third-order valence-electron chi connectivity index (χ3n) is 6.24. The SMILES string of the molecule is CCCNc1cc(Nc2cccc(F)c2)ncc1C(=O)Nc1cccc(NC(=O)[C@H](C)N(C)C(=O)/C=C/CN(C)C)c1. The third kappa shape index (κ3) is 9.41. The van der Waals surface area contributed by atoms with Gasteiger partial charge in [0, 0.05) is 55.5 Å². The minimum Gasteiger partial charge on any atom is -0.384 e. The van der Waals surface area contributed by atoms with Crippen molar-refractivity contribution in [3.8, 4) is 0 Å². The van der Waals surface area contributed by atoms with Crippen LogP contribution in [-0.4, -0.2) is 72.8 Å².